The average molecular weight is 304 g/mol. The van der Waals surface area contributed by atoms with E-state index in [0.717, 1.165) is 5.56 Å². The Morgan fingerprint density at radius 3 is 2.68 bits per heavy atom. The fourth-order valence-electron chi connectivity index (χ4n) is 3.03. The zero-order chi connectivity index (χ0) is 16.3. The van der Waals surface area contributed by atoms with Crippen LogP contribution in [0.4, 0.5) is 0 Å². The van der Waals surface area contributed by atoms with Gasteiger partial charge in [-0.3, -0.25) is 9.59 Å². The molecule has 2 N–H and O–H groups in total. The summed E-state index contributed by atoms with van der Waals surface area (Å²) in [4.78, 5) is 25.5. The molecule has 1 saturated heterocycles. The molecule has 0 unspecified atom stereocenters. The molecule has 2 rings (SSSR count). The predicted octanol–water partition coefficient (Wildman–Crippen LogP) is 1.34. The van der Waals surface area contributed by atoms with Crippen LogP contribution in [0.1, 0.15) is 29.5 Å². The van der Waals surface area contributed by atoms with E-state index < -0.39 is 11.9 Å². The molecule has 0 bridgehead atoms. The number of benzene rings is 1. The minimum absolute atomic E-state index is 0.0386. The van der Waals surface area contributed by atoms with Crippen LogP contribution in [0.25, 0.3) is 0 Å². The first-order valence-corrected chi connectivity index (χ1v) is 7.60. The van der Waals surface area contributed by atoms with Gasteiger partial charge >= 0.3 is 0 Å². The predicted molar refractivity (Wildman–Crippen MR) is 84.3 cm³/mol. The zero-order valence-corrected chi connectivity index (χ0v) is 13.5. The molecule has 2 atom stereocenters. The number of nitrogens with zero attached hydrogens (tertiary/aromatic N) is 1. The summed E-state index contributed by atoms with van der Waals surface area (Å²) < 4.78 is 5.27. The molecule has 1 heterocycles. The van der Waals surface area contributed by atoms with Gasteiger partial charge in [0.2, 0.25) is 11.8 Å². The summed E-state index contributed by atoms with van der Waals surface area (Å²) in [5, 5.41) is 0. The minimum Gasteiger partial charge on any atom is -0.380 e. The summed E-state index contributed by atoms with van der Waals surface area (Å²) in [6.45, 7) is 4.54. The standard InChI is InChI=1S/C17H24N2O3/c1-11-4-5-13(12(2)8-11)6-7-16(20)19-10-14(22-3)9-15(19)17(18)21/h4-5,8,14-15H,6-7,9-10H2,1-3H3,(H2,18,21)/t14-,15-/m0/s1. The molecule has 1 fully saturated rings. The molecule has 120 valence electrons. The molecule has 1 aromatic rings. The summed E-state index contributed by atoms with van der Waals surface area (Å²) in [5.41, 5.74) is 8.97. The number of rotatable bonds is 5. The van der Waals surface area contributed by atoms with E-state index in [2.05, 4.69) is 32.0 Å². The molecule has 1 aliphatic heterocycles. The van der Waals surface area contributed by atoms with Gasteiger partial charge in [-0.1, -0.05) is 23.8 Å². The molecule has 1 aromatic carbocycles. The van der Waals surface area contributed by atoms with Gasteiger partial charge < -0.3 is 15.4 Å². The normalized spacial score (nSPS) is 21.1. The van der Waals surface area contributed by atoms with Crippen LogP contribution in [0.5, 0.6) is 0 Å². The number of likely N-dealkylation sites (tertiary alicyclic amines) is 1. The molecule has 0 saturated carbocycles. The number of aryl methyl sites for hydroxylation is 3. The first-order chi connectivity index (χ1) is 10.4. The number of carbonyl (C=O) groups excluding carboxylic acids is 2. The number of nitrogens with two attached hydrogens (primary N) is 1. The average Bonchev–Trinajstić information content (AvgIpc) is 2.90. The van der Waals surface area contributed by atoms with E-state index in [1.165, 1.54) is 11.1 Å². The van der Waals surface area contributed by atoms with Crippen LogP contribution in [0.3, 0.4) is 0 Å². The molecular weight excluding hydrogens is 280 g/mol. The lowest BCUT2D eigenvalue weighted by Gasteiger charge is -2.22. The number of methoxy groups -OCH3 is 1. The molecule has 0 aliphatic carbocycles. The monoisotopic (exact) mass is 304 g/mol. The van der Waals surface area contributed by atoms with Crippen molar-refractivity contribution in [1.82, 2.24) is 4.90 Å². The highest BCUT2D eigenvalue weighted by Gasteiger charge is 2.38. The third-order valence-electron chi connectivity index (χ3n) is 4.35. The van der Waals surface area contributed by atoms with Crippen LogP contribution in [0.2, 0.25) is 0 Å². The number of carbonyl (C=O) groups is 2. The van der Waals surface area contributed by atoms with Crippen LogP contribution in [0, 0.1) is 13.8 Å². The Balaban J connectivity index is 2.00. The van der Waals surface area contributed by atoms with Crippen molar-refractivity contribution in [2.75, 3.05) is 13.7 Å². The smallest absolute Gasteiger partial charge is 0.240 e. The van der Waals surface area contributed by atoms with Gasteiger partial charge in [0.1, 0.15) is 6.04 Å². The van der Waals surface area contributed by atoms with E-state index in [0.29, 0.717) is 25.8 Å². The van der Waals surface area contributed by atoms with Crippen LogP contribution in [-0.2, 0) is 20.7 Å². The molecule has 5 heteroatoms. The van der Waals surface area contributed by atoms with Crippen LogP contribution >= 0.6 is 0 Å². The number of primary amides is 1. The maximum atomic E-state index is 12.4. The number of hydrogen-bond acceptors (Lipinski definition) is 3. The Morgan fingerprint density at radius 2 is 2.09 bits per heavy atom. The number of amides is 2. The van der Waals surface area contributed by atoms with E-state index >= 15 is 0 Å². The van der Waals surface area contributed by atoms with Gasteiger partial charge in [0.15, 0.2) is 0 Å². The maximum absolute atomic E-state index is 12.4. The summed E-state index contributed by atoms with van der Waals surface area (Å²) in [6, 6.07) is 5.68. The lowest BCUT2D eigenvalue weighted by Crippen LogP contribution is -2.43. The Bertz CT molecular complexity index is 571. The summed E-state index contributed by atoms with van der Waals surface area (Å²) in [7, 11) is 1.59. The van der Waals surface area contributed by atoms with Crippen LogP contribution < -0.4 is 5.73 Å². The van der Waals surface area contributed by atoms with Gasteiger partial charge in [0.05, 0.1) is 6.10 Å². The SMILES string of the molecule is CO[C@H]1C[C@@H](C(N)=O)N(C(=O)CCc2ccc(C)cc2C)C1. The van der Waals surface area contributed by atoms with Gasteiger partial charge in [-0.15, -0.1) is 0 Å². The van der Waals surface area contributed by atoms with Crippen molar-refractivity contribution in [3.05, 3.63) is 34.9 Å². The van der Waals surface area contributed by atoms with Gasteiger partial charge in [-0.25, -0.2) is 0 Å². The quantitative estimate of drug-likeness (QED) is 0.892. The second-order valence-corrected chi connectivity index (χ2v) is 5.99. The lowest BCUT2D eigenvalue weighted by atomic mass is 10.0. The van der Waals surface area contributed by atoms with Crippen molar-refractivity contribution in [2.45, 2.75) is 45.3 Å². The third kappa shape index (κ3) is 3.65. The van der Waals surface area contributed by atoms with Crippen molar-refractivity contribution in [3.8, 4) is 0 Å². The first kappa shape index (κ1) is 16.5. The summed E-state index contributed by atoms with van der Waals surface area (Å²) >= 11 is 0. The van der Waals surface area contributed by atoms with E-state index in [1.54, 1.807) is 12.0 Å². The van der Waals surface area contributed by atoms with Gasteiger partial charge in [-0.2, -0.15) is 0 Å². The van der Waals surface area contributed by atoms with E-state index in [4.69, 9.17) is 10.5 Å². The maximum Gasteiger partial charge on any atom is 0.240 e. The number of ether oxygens (including phenoxy) is 1. The highest BCUT2D eigenvalue weighted by molar-refractivity contribution is 5.87. The molecule has 5 nitrogen and oxygen atoms in total. The van der Waals surface area contributed by atoms with Crippen molar-refractivity contribution < 1.29 is 14.3 Å². The molecule has 0 aromatic heterocycles. The van der Waals surface area contributed by atoms with Gasteiger partial charge in [0, 0.05) is 26.5 Å². The highest BCUT2D eigenvalue weighted by Crippen LogP contribution is 2.22. The van der Waals surface area contributed by atoms with E-state index in [9.17, 15) is 9.59 Å². The summed E-state index contributed by atoms with van der Waals surface area (Å²) in [5.74, 6) is -0.497. The van der Waals surface area contributed by atoms with E-state index in [1.807, 2.05) is 0 Å². The Hall–Kier alpha value is -1.88. The fraction of sp³-hybridized carbons (Fsp3) is 0.529. The van der Waals surface area contributed by atoms with Crippen molar-refractivity contribution in [2.24, 2.45) is 5.73 Å². The summed E-state index contributed by atoms with van der Waals surface area (Å²) in [6.07, 6.45) is 1.43. The highest BCUT2D eigenvalue weighted by atomic mass is 16.5. The zero-order valence-electron chi connectivity index (χ0n) is 13.5. The Kier molecular flexibility index (Phi) is 5.19. The Labute approximate surface area is 131 Å². The third-order valence-corrected chi connectivity index (χ3v) is 4.35. The van der Waals surface area contributed by atoms with Gasteiger partial charge in [0.25, 0.3) is 0 Å². The lowest BCUT2D eigenvalue weighted by molar-refractivity contribution is -0.137. The van der Waals surface area contributed by atoms with Crippen LogP contribution in [-0.4, -0.2) is 42.5 Å². The fourth-order valence-corrected chi connectivity index (χ4v) is 3.03. The van der Waals surface area contributed by atoms with Gasteiger partial charge in [-0.05, 0) is 31.4 Å². The second kappa shape index (κ2) is 6.92. The largest absolute Gasteiger partial charge is 0.380 e. The first-order valence-electron chi connectivity index (χ1n) is 7.60. The second-order valence-electron chi connectivity index (χ2n) is 5.99. The molecule has 1 aliphatic rings. The Morgan fingerprint density at radius 1 is 1.36 bits per heavy atom. The molecular formula is C17H24N2O3. The molecule has 0 spiro atoms. The molecule has 0 radical (unpaired) electrons. The molecule has 2 amide bonds. The van der Waals surface area contributed by atoms with Crippen LogP contribution in [0.15, 0.2) is 18.2 Å². The minimum atomic E-state index is -0.545. The number of hydrogen-bond donors (Lipinski definition) is 1. The molecule has 22 heavy (non-hydrogen) atoms. The van der Waals surface area contributed by atoms with Crippen molar-refractivity contribution in [3.63, 3.8) is 0 Å². The van der Waals surface area contributed by atoms with E-state index in [-0.39, 0.29) is 12.0 Å². The topological polar surface area (TPSA) is 72.6 Å². The van der Waals surface area contributed by atoms with Crippen molar-refractivity contribution >= 4 is 11.8 Å². The van der Waals surface area contributed by atoms with Crippen molar-refractivity contribution in [1.29, 1.82) is 0 Å².